The van der Waals surface area contributed by atoms with Gasteiger partial charge in [-0.25, -0.2) is 0 Å². The first-order valence-corrected chi connectivity index (χ1v) is 21.4. The smallest absolute Gasteiger partial charge is 0.0719 e. The maximum atomic E-state index is 2.34. The lowest BCUT2D eigenvalue weighted by atomic mass is 9.66. The average molecular weight is 790 g/mol. The third-order valence-corrected chi connectivity index (χ3v) is 12.6. The van der Waals surface area contributed by atoms with E-state index in [0.717, 1.165) is 17.1 Å². The van der Waals surface area contributed by atoms with E-state index in [1.165, 1.54) is 77.9 Å². The van der Waals surface area contributed by atoms with Crippen LogP contribution in [0, 0.1) is 0 Å². The lowest BCUT2D eigenvalue weighted by Gasteiger charge is -2.35. The molecule has 1 aliphatic carbocycles. The van der Waals surface area contributed by atoms with Crippen LogP contribution in [0.2, 0.25) is 0 Å². The van der Waals surface area contributed by atoms with E-state index < -0.39 is 5.41 Å². The molecule has 10 aromatic rings. The van der Waals surface area contributed by atoms with Gasteiger partial charge in [0.2, 0.25) is 0 Å². The molecule has 10 aromatic carbocycles. The highest BCUT2D eigenvalue weighted by molar-refractivity contribution is 5.89. The Labute approximate surface area is 364 Å². The average Bonchev–Trinajstić information content (AvgIpc) is 3.66. The molecule has 0 saturated heterocycles. The molecule has 1 aliphatic rings. The molecule has 0 heterocycles. The Morgan fingerprint density at radius 2 is 0.484 bits per heavy atom. The number of anilines is 3. The van der Waals surface area contributed by atoms with E-state index in [2.05, 4.69) is 266 Å². The van der Waals surface area contributed by atoms with Crippen LogP contribution in [0.5, 0.6) is 0 Å². The van der Waals surface area contributed by atoms with Gasteiger partial charge in [0.25, 0.3) is 0 Å². The normalized spacial score (nSPS) is 12.3. The number of hydrogen-bond acceptors (Lipinski definition) is 1. The van der Waals surface area contributed by atoms with Crippen molar-refractivity contribution in [2.75, 3.05) is 4.90 Å². The minimum atomic E-state index is -0.463. The van der Waals surface area contributed by atoms with Crippen LogP contribution in [0.3, 0.4) is 0 Å². The van der Waals surface area contributed by atoms with Gasteiger partial charge in [-0.2, -0.15) is 0 Å². The van der Waals surface area contributed by atoms with Crippen LogP contribution in [-0.4, -0.2) is 0 Å². The first-order valence-electron chi connectivity index (χ1n) is 21.4. The van der Waals surface area contributed by atoms with Gasteiger partial charge in [-0.3, -0.25) is 0 Å². The molecule has 0 radical (unpaired) electrons. The molecule has 0 atom stereocenters. The van der Waals surface area contributed by atoms with E-state index in [0.29, 0.717) is 0 Å². The second kappa shape index (κ2) is 15.9. The van der Waals surface area contributed by atoms with Crippen molar-refractivity contribution in [2.24, 2.45) is 0 Å². The van der Waals surface area contributed by atoms with Crippen LogP contribution in [-0.2, 0) is 5.41 Å². The molecule has 0 fully saturated rings. The highest BCUT2D eigenvalue weighted by Gasteiger charge is 2.46. The minimum Gasteiger partial charge on any atom is -0.311 e. The molecule has 0 spiro atoms. The van der Waals surface area contributed by atoms with Crippen molar-refractivity contribution in [2.45, 2.75) is 5.41 Å². The van der Waals surface area contributed by atoms with Gasteiger partial charge < -0.3 is 4.90 Å². The highest BCUT2D eigenvalue weighted by Crippen LogP contribution is 2.57. The number of nitrogens with zero attached hydrogens (tertiary/aromatic N) is 1. The molecule has 0 bridgehead atoms. The number of rotatable bonds is 9. The summed E-state index contributed by atoms with van der Waals surface area (Å²) in [7, 11) is 0. The van der Waals surface area contributed by atoms with Gasteiger partial charge in [0.15, 0.2) is 0 Å². The molecule has 0 aromatic heterocycles. The van der Waals surface area contributed by atoms with Gasteiger partial charge in [0.1, 0.15) is 0 Å². The summed E-state index contributed by atoms with van der Waals surface area (Å²) in [6, 6.07) is 95.0. The predicted molar refractivity (Wildman–Crippen MR) is 260 cm³/mol. The Morgan fingerprint density at radius 3 is 0.887 bits per heavy atom. The van der Waals surface area contributed by atoms with E-state index in [4.69, 9.17) is 0 Å². The van der Waals surface area contributed by atoms with E-state index in [1.54, 1.807) is 0 Å². The minimum absolute atomic E-state index is 0.463. The van der Waals surface area contributed by atoms with Crippen molar-refractivity contribution in [3.05, 3.63) is 283 Å². The van der Waals surface area contributed by atoms with Crippen LogP contribution in [0.4, 0.5) is 17.1 Å². The zero-order chi connectivity index (χ0) is 41.3. The molecule has 0 unspecified atom stereocenters. The van der Waals surface area contributed by atoms with Gasteiger partial charge >= 0.3 is 0 Å². The second-order valence-corrected chi connectivity index (χ2v) is 16.0. The molecular formula is C61H43N. The van der Waals surface area contributed by atoms with E-state index in [1.807, 2.05) is 0 Å². The fourth-order valence-electron chi connectivity index (χ4n) is 9.70. The monoisotopic (exact) mass is 789 g/mol. The molecule has 0 saturated carbocycles. The molecule has 62 heavy (non-hydrogen) atoms. The molecule has 11 rings (SSSR count). The summed E-state index contributed by atoms with van der Waals surface area (Å²) in [5, 5.41) is 0. The van der Waals surface area contributed by atoms with Gasteiger partial charge in [0.05, 0.1) is 5.41 Å². The van der Waals surface area contributed by atoms with Crippen molar-refractivity contribution in [1.82, 2.24) is 0 Å². The maximum absolute atomic E-state index is 2.34. The van der Waals surface area contributed by atoms with Crippen molar-refractivity contribution in [3.8, 4) is 55.6 Å². The summed E-state index contributed by atoms with van der Waals surface area (Å²) in [5.41, 5.74) is 20.2. The van der Waals surface area contributed by atoms with E-state index in [9.17, 15) is 0 Å². The van der Waals surface area contributed by atoms with Crippen LogP contribution in [0.25, 0.3) is 55.6 Å². The van der Waals surface area contributed by atoms with Crippen molar-refractivity contribution >= 4 is 17.1 Å². The van der Waals surface area contributed by atoms with E-state index >= 15 is 0 Å². The van der Waals surface area contributed by atoms with Crippen LogP contribution in [0.15, 0.2) is 261 Å². The number of benzene rings is 10. The summed E-state index contributed by atoms with van der Waals surface area (Å²) < 4.78 is 0. The Hall–Kier alpha value is -8.00. The fourth-order valence-corrected chi connectivity index (χ4v) is 9.70. The maximum Gasteiger partial charge on any atom is 0.0719 e. The first-order chi connectivity index (χ1) is 30.8. The Balaban J connectivity index is 0.949. The van der Waals surface area contributed by atoms with Crippen molar-refractivity contribution in [1.29, 1.82) is 0 Å². The Bertz CT molecular complexity index is 2990. The second-order valence-electron chi connectivity index (χ2n) is 16.0. The third-order valence-electron chi connectivity index (χ3n) is 12.6. The summed E-state index contributed by atoms with van der Waals surface area (Å²) in [6.45, 7) is 0. The lowest BCUT2D eigenvalue weighted by molar-refractivity contribution is 0.770. The molecule has 0 aliphatic heterocycles. The number of fused-ring (bicyclic) bond motifs is 3. The standard InChI is InChI=1S/C61H43N/c1-4-16-44(17-5-1)47-32-38-52(39-33-47)62(53-40-34-48(35-41-53)45-18-6-2-7-19-45)54-42-36-49(37-43-54)46-28-30-50(31-29-46)55-22-10-13-25-58(55)61(51-20-8-3-9-21-51)59-26-14-11-23-56(59)57-24-12-15-27-60(57)61/h1-43H. The Kier molecular flexibility index (Phi) is 9.48. The fraction of sp³-hybridized carbons (Fsp3) is 0.0164. The first kappa shape index (κ1) is 37.0. The Morgan fingerprint density at radius 1 is 0.210 bits per heavy atom. The molecular weight excluding hydrogens is 747 g/mol. The van der Waals surface area contributed by atoms with Gasteiger partial charge in [-0.05, 0) is 114 Å². The van der Waals surface area contributed by atoms with E-state index in [-0.39, 0.29) is 0 Å². The topological polar surface area (TPSA) is 3.24 Å². The van der Waals surface area contributed by atoms with Gasteiger partial charge in [-0.15, -0.1) is 0 Å². The number of hydrogen-bond donors (Lipinski definition) is 0. The summed E-state index contributed by atoms with van der Waals surface area (Å²) in [5.74, 6) is 0. The van der Waals surface area contributed by atoms with Crippen molar-refractivity contribution in [3.63, 3.8) is 0 Å². The summed E-state index contributed by atoms with van der Waals surface area (Å²) >= 11 is 0. The zero-order valence-electron chi connectivity index (χ0n) is 34.3. The zero-order valence-corrected chi connectivity index (χ0v) is 34.3. The summed E-state index contributed by atoms with van der Waals surface area (Å²) in [4.78, 5) is 2.34. The molecule has 0 N–H and O–H groups in total. The SMILES string of the molecule is c1ccc(-c2ccc(N(c3ccc(-c4ccccc4)cc3)c3ccc(-c4ccc(-c5ccccc5C5(c6ccccc6)c6ccccc6-c6ccccc65)cc4)cc3)cc2)cc1. The molecule has 292 valence electrons. The van der Waals surface area contributed by atoms with Gasteiger partial charge in [0, 0.05) is 17.1 Å². The van der Waals surface area contributed by atoms with Crippen LogP contribution < -0.4 is 4.90 Å². The molecule has 1 heteroatoms. The highest BCUT2D eigenvalue weighted by atomic mass is 15.1. The van der Waals surface area contributed by atoms with Crippen LogP contribution >= 0.6 is 0 Å². The summed E-state index contributed by atoms with van der Waals surface area (Å²) in [6.07, 6.45) is 0. The van der Waals surface area contributed by atoms with Crippen LogP contribution in [0.1, 0.15) is 22.3 Å². The predicted octanol–water partition coefficient (Wildman–Crippen LogP) is 16.2. The van der Waals surface area contributed by atoms with Gasteiger partial charge in [-0.1, -0.05) is 224 Å². The largest absolute Gasteiger partial charge is 0.311 e. The third kappa shape index (κ3) is 6.43. The molecule has 0 amide bonds. The molecule has 1 nitrogen and oxygen atoms in total. The van der Waals surface area contributed by atoms with Crippen molar-refractivity contribution < 1.29 is 0 Å². The lowest BCUT2D eigenvalue weighted by Crippen LogP contribution is -2.29. The quantitative estimate of drug-likeness (QED) is 0.141.